The van der Waals surface area contributed by atoms with Gasteiger partial charge in [0.2, 0.25) is 0 Å². The van der Waals surface area contributed by atoms with Crippen LogP contribution in [-0.2, 0) is 0 Å². The van der Waals surface area contributed by atoms with Gasteiger partial charge in [0.15, 0.2) is 0 Å². The first-order valence-electron chi connectivity index (χ1n) is 67.6. The minimum atomic E-state index is 0.676. The van der Waals surface area contributed by atoms with E-state index in [4.69, 9.17) is 0 Å². The molecule has 1 N–H and O–H groups in total. The van der Waals surface area contributed by atoms with E-state index in [1.165, 1.54) is 501 Å². The highest BCUT2D eigenvalue weighted by atomic mass is 15.1. The smallest absolute Gasteiger partial charge is 0.0195 e. The molecule has 2 nitrogen and oxygen atoms in total. The molecule has 1 aliphatic rings. The van der Waals surface area contributed by atoms with Gasteiger partial charge >= 0.3 is 0 Å². The van der Waals surface area contributed by atoms with Gasteiger partial charge in [-0.3, -0.25) is 0 Å². The minimum Gasteiger partial charge on any atom is -0.313 e. The van der Waals surface area contributed by atoms with E-state index in [2.05, 4.69) is 232 Å². The van der Waals surface area contributed by atoms with E-state index < -0.39 is 0 Å². The van der Waals surface area contributed by atoms with E-state index >= 15 is 0 Å². The number of hydrogen-bond acceptors (Lipinski definition) is 2. The number of rotatable bonds is 106. The van der Waals surface area contributed by atoms with Crippen molar-refractivity contribution in [3.63, 3.8) is 0 Å². The van der Waals surface area contributed by atoms with Crippen LogP contribution in [0.15, 0.2) is 0 Å². The number of nitrogens with one attached hydrogen (secondary N) is 1. The van der Waals surface area contributed by atoms with Crippen LogP contribution in [0.25, 0.3) is 0 Å². The van der Waals surface area contributed by atoms with E-state index in [1.807, 2.05) is 0 Å². The average Bonchev–Trinajstić information content (AvgIpc) is 1.88. The van der Waals surface area contributed by atoms with Gasteiger partial charge in [0.1, 0.15) is 0 Å². The van der Waals surface area contributed by atoms with E-state index in [0.29, 0.717) is 6.04 Å². The van der Waals surface area contributed by atoms with Crippen molar-refractivity contribution in [1.29, 1.82) is 0 Å². The summed E-state index contributed by atoms with van der Waals surface area (Å²) in [6.07, 6.45) is 108. The SMILES string of the molecule is CC(C)CCC(CCCC(CCCC(CCCC(CCCC(CCC(C)C)CCC(C)C)CCCC(CCC(C)C)CCC(C)C)CCCN(CCCC(CCCC(CCCC(CCC(C)C)CCC(C)C)CCCC(CCC(C)C)CCC(C)C)CCCC(CCCC(CCC(C)C)CCC(C)C)CCCC(CCC(C)C)CCC(C)C)C[C@@H]1CCCN1)CCCC(CCC(C)C)CCC(C)C)CCC(C)C. The molecular weight excluding hydrogens is 1720 g/mol. The van der Waals surface area contributed by atoms with E-state index in [1.54, 1.807) is 0 Å². The molecular formula is C141H284N2. The van der Waals surface area contributed by atoms with Crippen LogP contribution in [0.4, 0.5) is 0 Å². The van der Waals surface area contributed by atoms with Gasteiger partial charge in [-0.15, -0.1) is 0 Å². The predicted octanol–water partition coefficient (Wildman–Crippen LogP) is 48.3. The van der Waals surface area contributed by atoms with Gasteiger partial charge in [-0.25, -0.2) is 0 Å². The van der Waals surface area contributed by atoms with Crippen molar-refractivity contribution in [2.45, 2.75) is 703 Å². The third-order valence-electron chi connectivity index (χ3n) is 36.9. The first-order chi connectivity index (χ1) is 68.1. The molecule has 1 atom stereocenters. The molecule has 1 aliphatic heterocycles. The molecule has 1 heterocycles. The minimum absolute atomic E-state index is 0.676. The van der Waals surface area contributed by atoms with Crippen LogP contribution in [0.3, 0.4) is 0 Å². The molecule has 1 saturated heterocycles. The van der Waals surface area contributed by atoms with Gasteiger partial charge < -0.3 is 10.2 Å². The quantitative estimate of drug-likeness (QED) is 0.0653. The average molecular weight is 2010 g/mol. The van der Waals surface area contributed by atoms with Crippen LogP contribution in [0, 0.1) is 178 Å². The lowest BCUT2D eigenvalue weighted by Gasteiger charge is -2.28. The van der Waals surface area contributed by atoms with Crippen LogP contribution in [0.5, 0.6) is 0 Å². The van der Waals surface area contributed by atoms with Crippen LogP contribution >= 0.6 is 0 Å². The second-order valence-electron chi connectivity index (χ2n) is 59.2. The van der Waals surface area contributed by atoms with E-state index in [-0.39, 0.29) is 0 Å². The largest absolute Gasteiger partial charge is 0.313 e. The van der Waals surface area contributed by atoms with Crippen molar-refractivity contribution < 1.29 is 0 Å². The third kappa shape index (κ3) is 90.8. The third-order valence-corrected chi connectivity index (χ3v) is 36.9. The molecule has 1 fully saturated rings. The topological polar surface area (TPSA) is 15.3 Å². The summed E-state index contributed by atoms with van der Waals surface area (Å²) in [6, 6.07) is 0.676. The maximum atomic E-state index is 4.13. The molecule has 0 spiro atoms. The van der Waals surface area contributed by atoms with Gasteiger partial charge in [-0.05, 0) is 236 Å². The summed E-state index contributed by atoms with van der Waals surface area (Å²) in [5, 5.41) is 4.13. The Labute approximate surface area is 910 Å². The fraction of sp³-hybridized carbons (Fsp3) is 1.00. The maximum Gasteiger partial charge on any atom is 0.0195 e. The number of hydrogen-bond donors (Lipinski definition) is 1. The van der Waals surface area contributed by atoms with Crippen molar-refractivity contribution in [1.82, 2.24) is 10.2 Å². The monoisotopic (exact) mass is 2010 g/mol. The summed E-state index contributed by atoms with van der Waals surface area (Å²) in [7, 11) is 0. The molecule has 0 radical (unpaired) electrons. The summed E-state index contributed by atoms with van der Waals surface area (Å²) in [4.78, 5) is 3.13. The molecule has 858 valence electrons. The van der Waals surface area contributed by atoms with E-state index in [9.17, 15) is 0 Å². The molecule has 0 aliphatic carbocycles. The molecule has 0 unspecified atom stereocenters. The Balaban J connectivity index is 4.26. The van der Waals surface area contributed by atoms with Crippen LogP contribution in [0.2, 0.25) is 0 Å². The second-order valence-corrected chi connectivity index (χ2v) is 59.2. The molecule has 2 heteroatoms. The van der Waals surface area contributed by atoms with Gasteiger partial charge in [-0.1, -0.05) is 658 Å². The lowest BCUT2D eigenvalue weighted by molar-refractivity contribution is 0.219. The summed E-state index contributed by atoms with van der Waals surface area (Å²) >= 11 is 0. The highest BCUT2D eigenvalue weighted by molar-refractivity contribution is 4.82. The van der Waals surface area contributed by atoms with Crippen molar-refractivity contribution in [3.05, 3.63) is 0 Å². The Kier molecular flexibility index (Phi) is 90.8. The van der Waals surface area contributed by atoms with Crippen LogP contribution in [0.1, 0.15) is 697 Å². The lowest BCUT2D eigenvalue weighted by atomic mass is 9.81. The molecule has 0 aromatic heterocycles. The first kappa shape index (κ1) is 141. The molecule has 0 saturated carbocycles. The molecule has 0 aromatic carbocycles. The molecule has 0 bridgehead atoms. The van der Waals surface area contributed by atoms with Crippen molar-refractivity contribution in [3.8, 4) is 0 Å². The Hall–Kier alpha value is -0.0800. The zero-order valence-corrected chi connectivity index (χ0v) is 106. The highest BCUT2D eigenvalue weighted by Crippen LogP contribution is 2.41. The highest BCUT2D eigenvalue weighted by Gasteiger charge is 2.28. The fourth-order valence-corrected chi connectivity index (χ4v) is 26.2. The standard InChI is InChI=1S/C141H284N2/c1-111(2)75-91-133(92-76-112(3)4)64-37-52-127(53-38-65-134(93-77-113(5)6)94-78-114(7)8)48-33-60-131(61-34-49-128(54-39-66-135(95-79-115(9)10)96-80-116(11)12)55-40-67-136(97-81-117(13)14)98-82-118(15)16)72-46-108-143(110-141-74-45-107-142-141)109-47-73-132(62-35-50-129(56-41-68-137(99-83-119(17)18)100-84-120(19)20)57-42-69-138(101-85-121(21)22)102-86-122(23)24)63-36-51-130(58-43-70-139(103-87-123(25)26)104-88-124(27)28)59-44-71-140(105-89-125(29)30)106-90-126(31)32/h111-142H,33-110H2,1-32H3/t141-/m0/s1. The summed E-state index contributed by atoms with van der Waals surface area (Å²) in [6.45, 7) is 84.8. The van der Waals surface area contributed by atoms with Gasteiger partial charge in [0.05, 0.1) is 0 Å². The zero-order chi connectivity index (χ0) is 106. The van der Waals surface area contributed by atoms with Crippen LogP contribution in [-0.4, -0.2) is 37.1 Å². The van der Waals surface area contributed by atoms with E-state index in [0.717, 1.165) is 178 Å². The molecule has 1 rings (SSSR count). The molecule has 143 heavy (non-hydrogen) atoms. The summed E-state index contributed by atoms with van der Waals surface area (Å²) in [5.41, 5.74) is 0. The van der Waals surface area contributed by atoms with Gasteiger partial charge in [-0.2, -0.15) is 0 Å². The second kappa shape index (κ2) is 92.1. The lowest BCUT2D eigenvalue weighted by Crippen LogP contribution is -2.38. The normalized spacial score (nSPS) is 14.2. The predicted molar refractivity (Wildman–Crippen MR) is 656 cm³/mol. The Bertz CT molecular complexity index is 2030. The summed E-state index contributed by atoms with van der Waals surface area (Å²) < 4.78 is 0. The van der Waals surface area contributed by atoms with Gasteiger partial charge in [0, 0.05) is 12.6 Å². The molecule has 0 aromatic rings. The van der Waals surface area contributed by atoms with Crippen molar-refractivity contribution in [2.75, 3.05) is 26.2 Å². The van der Waals surface area contributed by atoms with Crippen molar-refractivity contribution >= 4 is 0 Å². The Morgan fingerprint density at radius 2 is 0.245 bits per heavy atom. The first-order valence-corrected chi connectivity index (χ1v) is 67.6. The maximum absolute atomic E-state index is 4.13. The van der Waals surface area contributed by atoms with Gasteiger partial charge in [0.25, 0.3) is 0 Å². The number of nitrogens with zero attached hydrogens (tertiary/aromatic N) is 1. The fourth-order valence-electron chi connectivity index (χ4n) is 26.2. The van der Waals surface area contributed by atoms with Crippen LogP contribution < -0.4 is 5.32 Å². The molecule has 0 amide bonds. The Morgan fingerprint density at radius 1 is 0.140 bits per heavy atom. The Morgan fingerprint density at radius 3 is 0.343 bits per heavy atom. The summed E-state index contributed by atoms with van der Waals surface area (Å²) in [5.74, 6) is 25.9. The van der Waals surface area contributed by atoms with Crippen molar-refractivity contribution in [2.24, 2.45) is 178 Å². The zero-order valence-electron chi connectivity index (χ0n) is 106.